The van der Waals surface area contributed by atoms with E-state index in [1.165, 1.54) is 135 Å². The van der Waals surface area contributed by atoms with E-state index in [-0.39, 0.29) is 141 Å². The largest absolute Gasteiger partial charge is 0.512 e. The molecule has 0 atom stereocenters. The number of carbonyl (C=O) groups excluding carboxylic acids is 3. The fourth-order valence-electron chi connectivity index (χ4n) is 17.4. The number of aliphatic hydroxyl groups excluding tert-OH is 3. The van der Waals surface area contributed by atoms with Crippen LogP contribution in [-0.4, -0.2) is 47.6 Å². The number of fused-ring (bicyclic) bond motifs is 3. The molecule has 3 radical (unpaired) electrons. The van der Waals surface area contributed by atoms with Gasteiger partial charge in [-0.1, -0.05) is 287 Å². The van der Waals surface area contributed by atoms with E-state index in [0.717, 1.165) is 181 Å². The predicted molar refractivity (Wildman–Crippen MR) is 509 cm³/mol. The molecule has 9 aromatic rings. The molecular weight excluding hydrogens is 2050 g/mol. The molecule has 0 saturated heterocycles. The molecule has 3 aromatic heterocycles. The van der Waals surface area contributed by atoms with E-state index >= 15 is 0 Å². The molecule has 9 nitrogen and oxygen atoms in total. The van der Waals surface area contributed by atoms with Gasteiger partial charge in [0, 0.05) is 142 Å². The second-order valence-electron chi connectivity index (χ2n) is 34.2. The molecule has 3 N–H and O–H groups in total. The Labute approximate surface area is 796 Å². The first kappa shape index (κ1) is 93.8. The van der Waals surface area contributed by atoms with E-state index in [2.05, 4.69) is 78.9 Å². The number of carbonyl (C=O) groups is 3. The van der Waals surface area contributed by atoms with Gasteiger partial charge in [-0.05, 0) is 173 Å². The van der Waals surface area contributed by atoms with Crippen LogP contribution < -0.4 is 0 Å². The molecule has 12 heteroatoms. The Balaban J connectivity index is 0.000000338. The van der Waals surface area contributed by atoms with E-state index in [4.69, 9.17) is 27.3 Å². The summed E-state index contributed by atoms with van der Waals surface area (Å²) >= 11 is 0. The Morgan fingerprint density at radius 1 is 0.374 bits per heavy atom. The van der Waals surface area contributed by atoms with Crippen molar-refractivity contribution in [3.05, 3.63) is 231 Å². The van der Waals surface area contributed by atoms with Crippen molar-refractivity contribution in [3.63, 3.8) is 0 Å². The summed E-state index contributed by atoms with van der Waals surface area (Å²) in [6.45, 7) is 25.3. The number of Topliss-reactive ketones (excluding diaryl/α,β-unsaturated/α-hetero) is 1. The zero-order valence-electron chi connectivity index (χ0n) is 85.9. The Morgan fingerprint density at radius 2 is 0.650 bits per heavy atom. The Kier molecular flexibility index (Phi) is 43.5. The number of pyridine rings is 3. The number of allylic oxidation sites excluding steroid dienone is 6. The van der Waals surface area contributed by atoms with E-state index < -0.39 is 20.6 Å². The Hall–Kier alpha value is -6.87. The maximum atomic E-state index is 12.1. The summed E-state index contributed by atoms with van der Waals surface area (Å²) in [6.07, 6.45) is 35.5. The maximum absolute atomic E-state index is 12.1. The zero-order chi connectivity index (χ0) is 94.9. The molecule has 3 saturated carbocycles. The van der Waals surface area contributed by atoms with Crippen molar-refractivity contribution in [2.45, 2.75) is 318 Å². The van der Waals surface area contributed by atoms with Crippen LogP contribution in [0.4, 0.5) is 0 Å². The minimum Gasteiger partial charge on any atom is -0.512 e. The first-order valence-electron chi connectivity index (χ1n) is 50.6. The van der Waals surface area contributed by atoms with Gasteiger partial charge in [0.2, 0.25) is 0 Å². The van der Waals surface area contributed by atoms with Gasteiger partial charge in [0.15, 0.2) is 17.3 Å². The van der Waals surface area contributed by atoms with E-state index in [1.807, 2.05) is 152 Å². The van der Waals surface area contributed by atoms with Crippen LogP contribution in [0.5, 0.6) is 0 Å². The monoisotopic (exact) mass is 2210 g/mol. The van der Waals surface area contributed by atoms with Gasteiger partial charge in [-0.3, -0.25) is 29.3 Å². The quantitative estimate of drug-likeness (QED) is 0.0173. The first-order valence-corrected chi connectivity index (χ1v) is 46.1. The number of aryl methyl sites for hydroxylation is 6. The Bertz CT molecular complexity index is 5100. The van der Waals surface area contributed by atoms with Crippen molar-refractivity contribution in [1.29, 1.82) is 0 Å². The molecule has 3 aliphatic carbocycles. The van der Waals surface area contributed by atoms with Crippen LogP contribution in [0.2, 0.25) is 0 Å². The van der Waals surface area contributed by atoms with Gasteiger partial charge in [-0.15, -0.1) is 105 Å². The smallest absolute Gasteiger partial charge is 0.164 e. The third-order valence-corrected chi connectivity index (χ3v) is 25.4. The molecule has 0 spiro atoms. The summed E-state index contributed by atoms with van der Waals surface area (Å²) in [4.78, 5) is 50.0. The topological polar surface area (TPSA) is 151 Å². The van der Waals surface area contributed by atoms with E-state index in [9.17, 15) is 29.7 Å². The average molecular weight is 2210 g/mol. The van der Waals surface area contributed by atoms with Crippen LogP contribution in [0.1, 0.15) is 319 Å². The van der Waals surface area contributed by atoms with Gasteiger partial charge in [-0.2, -0.15) is 0 Å². The van der Waals surface area contributed by atoms with Gasteiger partial charge in [-0.25, -0.2) is 0 Å². The van der Waals surface area contributed by atoms with Crippen molar-refractivity contribution in [2.24, 2.45) is 53.3 Å². The van der Waals surface area contributed by atoms with Gasteiger partial charge < -0.3 is 15.3 Å². The minimum absolute atomic E-state index is 0. The van der Waals surface area contributed by atoms with Crippen LogP contribution in [0.15, 0.2) is 162 Å². The van der Waals surface area contributed by atoms with E-state index in [0.29, 0.717) is 11.3 Å². The number of aromatic nitrogens is 3. The minimum atomic E-state index is -2.16. The first-order chi connectivity index (χ1) is 61.4. The fourth-order valence-corrected chi connectivity index (χ4v) is 17.4. The molecule has 12 rings (SSSR count). The van der Waals surface area contributed by atoms with Crippen LogP contribution in [0, 0.1) is 113 Å². The standard InChI is InChI=1S/C25H28N.C24H26N.C22H22N.C14H26O2.2C13H24O2.3Ir/c1-18-14-19(2)16-22(15-18)24-13-12-23-21(10-7-11-25(23)26-24)17-20-8-5-3-4-6-9-20;1-17-13-18(2)15-21(14-17)23-12-11-22-20(9-6-10-24(22)25-23)16-19-7-4-3-5-8-19;1-15-11-16(2)13-19(12-15)21-10-9-20-18(14-17-5-3-6-17)7-4-8-22(20)23-21;1-6-11(7-2)13(15)10(5)14(16)12(8-3)9-4;2*1-5-10(6-2)12(14)9-13(15)11(7-3)8-4;;;/h7,10-15,20H,3-6,8-9,17H2,1-2H3;6,9-14,19H,3-5,7-8,16H2,1-2H3;4,7-12,17H,3,5-6,14H2,1-2H3;11-12,15H,6-9H2,1-5H3;2*9-11,14H,5-8H2,1-4H3;;;/q3*-1;;;;;;/i3*2D3;;;;;;. The summed E-state index contributed by atoms with van der Waals surface area (Å²) in [7, 11) is 0. The maximum Gasteiger partial charge on any atom is 0.164 e. The van der Waals surface area contributed by atoms with Crippen molar-refractivity contribution in [1.82, 2.24) is 15.0 Å². The number of hydrogen-bond acceptors (Lipinski definition) is 9. The molecule has 123 heavy (non-hydrogen) atoms. The van der Waals surface area contributed by atoms with Crippen molar-refractivity contribution < 1.29 is 102 Å². The molecule has 3 heterocycles. The molecule has 3 aliphatic rings. The van der Waals surface area contributed by atoms with Gasteiger partial charge in [0.05, 0.1) is 28.1 Å². The fraction of sp³-hybridized carbons (Fsp3) is 0.514. The third-order valence-electron chi connectivity index (χ3n) is 25.4. The zero-order valence-corrected chi connectivity index (χ0v) is 84.1. The van der Waals surface area contributed by atoms with Crippen LogP contribution in [0.3, 0.4) is 0 Å². The molecule has 0 unspecified atom stereocenters. The van der Waals surface area contributed by atoms with Gasteiger partial charge in [0.25, 0.3) is 0 Å². The Morgan fingerprint density at radius 3 is 0.911 bits per heavy atom. The molecule has 675 valence electrons. The molecule has 0 aliphatic heterocycles. The van der Waals surface area contributed by atoms with Gasteiger partial charge >= 0.3 is 0 Å². The normalized spacial score (nSPS) is 15.5. The third kappa shape index (κ3) is 33.7. The second kappa shape index (κ2) is 57.0. The summed E-state index contributed by atoms with van der Waals surface area (Å²) in [5.41, 5.74) is 15.6. The van der Waals surface area contributed by atoms with Crippen LogP contribution >= 0.6 is 0 Å². The number of nitrogens with zero attached hydrogens (tertiary/aromatic N) is 3. The summed E-state index contributed by atoms with van der Waals surface area (Å²) in [6, 6.07) is 51.5. The predicted octanol–water partition coefficient (Wildman–Crippen LogP) is 30.9. The number of ketones is 3. The van der Waals surface area contributed by atoms with Crippen LogP contribution in [-0.2, 0) is 94.0 Å². The second-order valence-corrected chi connectivity index (χ2v) is 34.2. The number of aliphatic hydroxyl groups is 3. The number of hydrogen-bond donors (Lipinski definition) is 3. The molecule has 0 bridgehead atoms. The summed E-state index contributed by atoms with van der Waals surface area (Å²) in [5, 5.41) is 33.2. The average Bonchev–Trinajstić information content (AvgIpc) is 0.857. The van der Waals surface area contributed by atoms with Gasteiger partial charge in [0.1, 0.15) is 5.76 Å². The molecular formula is C111H150Ir3N3O6-3. The summed E-state index contributed by atoms with van der Waals surface area (Å²) < 4.78 is 69.2. The van der Waals surface area contributed by atoms with E-state index in [1.54, 1.807) is 25.1 Å². The number of benzene rings is 6. The SMILES string of the molecule is CCC(CC)C(=O)C(C)=C(O)C(CC)CC.CCC(CC)C(=O)C=C(O)C(CC)CC.CCC(CC)C(=O)C=C(O)C(CC)CC.[2H]C([2H])([2H])c1[c-]c(-c2ccc3c(CC4CCC4)cccc3n2)cc(C)c1.[2H]C([2H])([2H])c1[c-]c(-c2ccc3c(CC4CCCCC4)cccc3n2)cc(C)c1.[2H]C([2H])([2H])c1[c-]c(-c2ccc3c(CC4CCCCCC4)cccc3n2)cc(C)c1.[Ir].[Ir].[Ir]. The molecule has 6 aromatic carbocycles. The van der Waals surface area contributed by atoms with Crippen molar-refractivity contribution in [3.8, 4) is 33.8 Å². The van der Waals surface area contributed by atoms with Crippen LogP contribution in [0.25, 0.3) is 66.5 Å². The molecule has 0 amide bonds. The summed E-state index contributed by atoms with van der Waals surface area (Å²) in [5.74, 6) is 4.09. The molecule has 3 fully saturated rings. The van der Waals surface area contributed by atoms with Crippen molar-refractivity contribution in [2.75, 3.05) is 0 Å². The van der Waals surface area contributed by atoms with Crippen molar-refractivity contribution >= 4 is 50.1 Å². The number of rotatable bonds is 30.